The number of nitrogens with zero attached hydrogens (tertiary/aromatic N) is 8. The van der Waals surface area contributed by atoms with Gasteiger partial charge in [-0.1, -0.05) is 0 Å². The van der Waals surface area contributed by atoms with E-state index < -0.39 is 24.6 Å². The van der Waals surface area contributed by atoms with E-state index in [0.29, 0.717) is 32.0 Å². The predicted molar refractivity (Wildman–Crippen MR) is 105 cm³/mol. The summed E-state index contributed by atoms with van der Waals surface area (Å²) in [5.41, 5.74) is -0.818. The highest BCUT2D eigenvalue weighted by Gasteiger charge is 2.49. The molecule has 33 heavy (non-hydrogen) atoms. The average Bonchev–Trinajstić information content (AvgIpc) is 3.29. The first-order valence-electron chi connectivity index (χ1n) is 10.1. The third kappa shape index (κ3) is 4.13. The summed E-state index contributed by atoms with van der Waals surface area (Å²) >= 11 is 0. The van der Waals surface area contributed by atoms with Gasteiger partial charge in [-0.05, 0) is 13.3 Å². The van der Waals surface area contributed by atoms with Crippen LogP contribution < -0.4 is 9.80 Å². The minimum absolute atomic E-state index is 0.0490. The zero-order valence-corrected chi connectivity index (χ0v) is 17.3. The number of hydrogen-bond acceptors (Lipinski definition) is 7. The Morgan fingerprint density at radius 3 is 2.36 bits per heavy atom. The van der Waals surface area contributed by atoms with E-state index >= 15 is 0 Å². The van der Waals surface area contributed by atoms with Gasteiger partial charge >= 0.3 is 12.4 Å². The second-order valence-corrected chi connectivity index (χ2v) is 8.54. The van der Waals surface area contributed by atoms with Gasteiger partial charge < -0.3 is 9.80 Å². The molecule has 5 heterocycles. The van der Waals surface area contributed by atoms with Crippen molar-refractivity contribution in [3.63, 3.8) is 0 Å². The lowest BCUT2D eigenvalue weighted by Crippen LogP contribution is -2.58. The lowest BCUT2D eigenvalue weighted by atomic mass is 9.79. The summed E-state index contributed by atoms with van der Waals surface area (Å²) in [5.74, 6) is 0.725. The molecule has 3 aromatic heterocycles. The van der Waals surface area contributed by atoms with Crippen molar-refractivity contribution < 1.29 is 26.3 Å². The summed E-state index contributed by atoms with van der Waals surface area (Å²) in [6, 6.07) is 0.952. The summed E-state index contributed by atoms with van der Waals surface area (Å²) in [4.78, 5) is 19.9. The largest absolute Gasteiger partial charge is 0.433 e. The van der Waals surface area contributed by atoms with E-state index in [-0.39, 0.29) is 28.2 Å². The maximum Gasteiger partial charge on any atom is 0.433 e. The van der Waals surface area contributed by atoms with Crippen molar-refractivity contribution in [2.45, 2.75) is 32.2 Å². The van der Waals surface area contributed by atoms with Crippen LogP contribution in [0.1, 0.15) is 17.9 Å². The van der Waals surface area contributed by atoms with E-state index in [0.717, 1.165) is 17.2 Å². The fraction of sp³-hybridized carbons (Fsp3) is 0.526. The second kappa shape index (κ2) is 7.15. The van der Waals surface area contributed by atoms with Crippen molar-refractivity contribution in [2.24, 2.45) is 5.41 Å². The summed E-state index contributed by atoms with van der Waals surface area (Å²) in [6.07, 6.45) is -5.48. The molecule has 2 saturated heterocycles. The van der Waals surface area contributed by atoms with Gasteiger partial charge in [-0.2, -0.15) is 31.4 Å². The summed E-state index contributed by atoms with van der Waals surface area (Å²) < 4.78 is 78.4. The van der Waals surface area contributed by atoms with Crippen molar-refractivity contribution in [3.05, 3.63) is 30.0 Å². The van der Waals surface area contributed by atoms with E-state index in [1.807, 2.05) is 4.90 Å². The Hall–Kier alpha value is -3.19. The molecule has 2 fully saturated rings. The van der Waals surface area contributed by atoms with E-state index in [2.05, 4.69) is 25.0 Å². The van der Waals surface area contributed by atoms with Gasteiger partial charge in [0.2, 0.25) is 0 Å². The Labute approximate surface area is 183 Å². The molecule has 0 saturated carbocycles. The number of fused-ring (bicyclic) bond motifs is 1. The molecule has 2 aliphatic heterocycles. The van der Waals surface area contributed by atoms with E-state index in [1.54, 1.807) is 4.90 Å². The molecular weight excluding hydrogens is 454 g/mol. The number of aryl methyl sites for hydroxylation is 1. The van der Waals surface area contributed by atoms with Crippen LogP contribution in [0.5, 0.6) is 0 Å². The molecule has 14 heteroatoms. The highest BCUT2D eigenvalue weighted by atomic mass is 19.4. The van der Waals surface area contributed by atoms with E-state index in [9.17, 15) is 26.3 Å². The van der Waals surface area contributed by atoms with Crippen molar-refractivity contribution in [2.75, 3.05) is 36.0 Å². The van der Waals surface area contributed by atoms with Gasteiger partial charge in [-0.25, -0.2) is 24.6 Å². The van der Waals surface area contributed by atoms with Crippen LogP contribution in [0.3, 0.4) is 0 Å². The first-order chi connectivity index (χ1) is 15.4. The van der Waals surface area contributed by atoms with Gasteiger partial charge in [0.25, 0.3) is 0 Å². The van der Waals surface area contributed by atoms with Crippen molar-refractivity contribution in [1.29, 1.82) is 0 Å². The normalized spacial score (nSPS) is 18.4. The minimum Gasteiger partial charge on any atom is -0.355 e. The number of halogens is 6. The molecule has 3 aromatic rings. The van der Waals surface area contributed by atoms with E-state index in [4.69, 9.17) is 0 Å². The molecule has 8 nitrogen and oxygen atoms in total. The molecule has 0 bridgehead atoms. The van der Waals surface area contributed by atoms with Crippen LogP contribution in [0.2, 0.25) is 0 Å². The van der Waals surface area contributed by atoms with Gasteiger partial charge in [0, 0.05) is 37.7 Å². The average molecular weight is 472 g/mol. The molecule has 0 amide bonds. The molecule has 1 spiro atoms. The third-order valence-electron chi connectivity index (χ3n) is 5.92. The lowest BCUT2D eigenvalue weighted by Gasteiger charge is -2.48. The quantitative estimate of drug-likeness (QED) is 0.542. The highest BCUT2D eigenvalue weighted by Crippen LogP contribution is 2.43. The van der Waals surface area contributed by atoms with Gasteiger partial charge in [-0.3, -0.25) is 0 Å². The first-order valence-corrected chi connectivity index (χ1v) is 10.1. The number of hydrogen-bond donors (Lipinski definition) is 0. The van der Waals surface area contributed by atoms with Crippen LogP contribution >= 0.6 is 0 Å². The smallest absolute Gasteiger partial charge is 0.355 e. The Morgan fingerprint density at radius 2 is 1.67 bits per heavy atom. The summed E-state index contributed by atoms with van der Waals surface area (Å²) in [6.45, 7) is 2.36. The number of alkyl halides is 6. The zero-order valence-electron chi connectivity index (χ0n) is 17.3. The number of aromatic nitrogens is 6. The molecular formula is C19H18F6N8. The molecule has 0 unspecified atom stereocenters. The first kappa shape index (κ1) is 21.6. The number of anilines is 2. The fourth-order valence-electron chi connectivity index (χ4n) is 4.45. The van der Waals surface area contributed by atoms with Crippen LogP contribution in [-0.4, -0.2) is 62.1 Å². The monoisotopic (exact) mass is 472 g/mol. The lowest BCUT2D eigenvalue weighted by molar-refractivity contribution is -0.142. The molecule has 176 valence electrons. The highest BCUT2D eigenvalue weighted by molar-refractivity contribution is 5.71. The molecule has 2 aliphatic rings. The van der Waals surface area contributed by atoms with Crippen LogP contribution in [0, 0.1) is 12.3 Å². The third-order valence-corrected chi connectivity index (χ3v) is 5.92. The van der Waals surface area contributed by atoms with Crippen molar-refractivity contribution in [3.8, 4) is 0 Å². The maximum atomic E-state index is 13.1. The summed E-state index contributed by atoms with van der Waals surface area (Å²) in [5, 5.41) is 3.73. The van der Waals surface area contributed by atoms with Gasteiger partial charge in [0.1, 0.15) is 35.2 Å². The molecule has 0 aliphatic carbocycles. The Bertz CT molecular complexity index is 1200. The SMILES string of the molecule is Cc1nc(N2CC3(CCN(c4cnc5cnn(CC(F)(F)F)c5n4)C3)C2)cc(C(F)(F)F)n1. The standard InChI is InChI=1S/C19H18F6N8/c1-11-28-13(19(23,24)25)4-14(29-11)32-8-17(9-32)2-3-31(7-17)15-6-26-12-5-27-33(16(12)30-15)10-18(20,21)22/h4-6H,2-3,7-10H2,1H3. The molecule has 0 atom stereocenters. The molecule has 5 rings (SSSR count). The van der Waals surface area contributed by atoms with Crippen LogP contribution in [0.4, 0.5) is 38.0 Å². The molecule has 0 radical (unpaired) electrons. The molecule has 0 aromatic carbocycles. The summed E-state index contributed by atoms with van der Waals surface area (Å²) in [7, 11) is 0. The van der Waals surface area contributed by atoms with Gasteiger partial charge in [0.15, 0.2) is 5.65 Å². The van der Waals surface area contributed by atoms with Gasteiger partial charge in [-0.15, -0.1) is 0 Å². The fourth-order valence-corrected chi connectivity index (χ4v) is 4.45. The maximum absolute atomic E-state index is 13.1. The predicted octanol–water partition coefficient (Wildman–Crippen LogP) is 3.22. The topological polar surface area (TPSA) is 75.9 Å². The number of rotatable bonds is 3. The van der Waals surface area contributed by atoms with Crippen molar-refractivity contribution >= 4 is 22.8 Å². The molecule has 0 N–H and O–H groups in total. The Kier molecular flexibility index (Phi) is 4.69. The van der Waals surface area contributed by atoms with Crippen molar-refractivity contribution in [1.82, 2.24) is 29.7 Å². The van der Waals surface area contributed by atoms with Crippen LogP contribution in [-0.2, 0) is 12.7 Å². The Balaban J connectivity index is 1.31. The minimum atomic E-state index is -4.55. The van der Waals surface area contributed by atoms with E-state index in [1.165, 1.54) is 19.3 Å². The second-order valence-electron chi connectivity index (χ2n) is 8.54. The van der Waals surface area contributed by atoms with Gasteiger partial charge in [0.05, 0.1) is 12.4 Å². The van der Waals surface area contributed by atoms with Crippen LogP contribution in [0.15, 0.2) is 18.5 Å². The zero-order chi connectivity index (χ0) is 23.6. The van der Waals surface area contributed by atoms with Crippen LogP contribution in [0.25, 0.3) is 11.2 Å². The Morgan fingerprint density at radius 1 is 0.939 bits per heavy atom.